The van der Waals surface area contributed by atoms with Crippen molar-refractivity contribution in [3.05, 3.63) is 54.5 Å². The van der Waals surface area contributed by atoms with Crippen LogP contribution >= 0.6 is 24.0 Å². The SMILES string of the molecule is CN=C(NCCc1nnc2ccccn12)N1CCN(c2ccccc2OC)CC1.I. The van der Waals surface area contributed by atoms with Gasteiger partial charge in [-0.05, 0) is 24.3 Å². The maximum atomic E-state index is 5.51. The van der Waals surface area contributed by atoms with Gasteiger partial charge in [-0.25, -0.2) is 0 Å². The molecule has 160 valence electrons. The molecule has 1 N–H and O–H groups in total. The number of para-hydroxylation sites is 2. The van der Waals surface area contributed by atoms with Crippen LogP contribution in [0.4, 0.5) is 5.69 Å². The molecular formula is C21H28IN7O. The Morgan fingerprint density at radius 3 is 2.60 bits per heavy atom. The van der Waals surface area contributed by atoms with Gasteiger partial charge in [0.15, 0.2) is 11.6 Å². The summed E-state index contributed by atoms with van der Waals surface area (Å²) in [6, 6.07) is 14.1. The Balaban J connectivity index is 0.00000256. The lowest BCUT2D eigenvalue weighted by molar-refractivity contribution is 0.367. The van der Waals surface area contributed by atoms with E-state index in [1.54, 1.807) is 7.11 Å². The normalized spacial score (nSPS) is 14.5. The molecule has 1 aliphatic heterocycles. The summed E-state index contributed by atoms with van der Waals surface area (Å²) < 4.78 is 7.53. The molecule has 3 heterocycles. The van der Waals surface area contributed by atoms with E-state index in [1.165, 1.54) is 0 Å². The van der Waals surface area contributed by atoms with Crippen LogP contribution in [0, 0.1) is 0 Å². The molecule has 0 aliphatic carbocycles. The van der Waals surface area contributed by atoms with Gasteiger partial charge >= 0.3 is 0 Å². The number of piperazine rings is 1. The van der Waals surface area contributed by atoms with Crippen LogP contribution in [-0.2, 0) is 6.42 Å². The number of hydrogen-bond acceptors (Lipinski definition) is 5. The van der Waals surface area contributed by atoms with Gasteiger partial charge in [-0.15, -0.1) is 34.2 Å². The molecule has 1 aliphatic rings. The monoisotopic (exact) mass is 521 g/mol. The first kappa shape index (κ1) is 22.1. The van der Waals surface area contributed by atoms with Gasteiger partial charge in [0.25, 0.3) is 0 Å². The summed E-state index contributed by atoms with van der Waals surface area (Å²) in [5.74, 6) is 2.80. The first-order valence-corrected chi connectivity index (χ1v) is 9.92. The van der Waals surface area contributed by atoms with Crippen molar-refractivity contribution in [2.75, 3.05) is 51.8 Å². The van der Waals surface area contributed by atoms with E-state index in [1.807, 2.05) is 48.0 Å². The number of nitrogens with zero attached hydrogens (tertiary/aromatic N) is 6. The van der Waals surface area contributed by atoms with E-state index in [0.717, 1.165) is 68.0 Å². The topological polar surface area (TPSA) is 70.3 Å². The van der Waals surface area contributed by atoms with Gasteiger partial charge < -0.3 is 19.9 Å². The van der Waals surface area contributed by atoms with E-state index in [9.17, 15) is 0 Å². The average molecular weight is 521 g/mol. The fraction of sp³-hybridized carbons (Fsp3) is 0.381. The number of fused-ring (bicyclic) bond motifs is 1. The number of rotatable bonds is 5. The number of hydrogen-bond donors (Lipinski definition) is 1. The highest BCUT2D eigenvalue weighted by atomic mass is 127. The molecular weight excluding hydrogens is 493 g/mol. The lowest BCUT2D eigenvalue weighted by atomic mass is 10.2. The quantitative estimate of drug-likeness (QED) is 0.316. The van der Waals surface area contributed by atoms with Gasteiger partial charge in [-0.2, -0.15) is 0 Å². The lowest BCUT2D eigenvalue weighted by Crippen LogP contribution is -2.52. The summed E-state index contributed by atoms with van der Waals surface area (Å²) in [6.45, 7) is 4.43. The van der Waals surface area contributed by atoms with Gasteiger partial charge in [0, 0.05) is 52.4 Å². The highest BCUT2D eigenvalue weighted by Crippen LogP contribution is 2.28. The number of ether oxygens (including phenoxy) is 1. The van der Waals surface area contributed by atoms with E-state index in [0.29, 0.717) is 0 Å². The molecule has 9 heteroatoms. The number of nitrogens with one attached hydrogen (secondary N) is 1. The summed E-state index contributed by atoms with van der Waals surface area (Å²) in [7, 11) is 3.56. The molecule has 0 bridgehead atoms. The predicted octanol–water partition coefficient (Wildman–Crippen LogP) is 2.30. The second-order valence-corrected chi connectivity index (χ2v) is 6.92. The largest absolute Gasteiger partial charge is 0.495 e. The number of aromatic nitrogens is 3. The number of aliphatic imine (C=N–C) groups is 1. The summed E-state index contributed by atoms with van der Waals surface area (Å²) in [4.78, 5) is 9.14. The number of benzene rings is 1. The van der Waals surface area contributed by atoms with Gasteiger partial charge in [-0.3, -0.25) is 9.39 Å². The second-order valence-electron chi connectivity index (χ2n) is 6.92. The van der Waals surface area contributed by atoms with E-state index in [-0.39, 0.29) is 24.0 Å². The van der Waals surface area contributed by atoms with Crippen molar-refractivity contribution in [1.29, 1.82) is 0 Å². The Labute approximate surface area is 194 Å². The standard InChI is InChI=1S/C21H27N7O.HI/c1-22-21(23-11-10-20-25-24-19-9-5-6-12-28(19)20)27-15-13-26(14-16-27)17-7-3-4-8-18(17)29-2;/h3-9,12H,10-11,13-16H2,1-2H3,(H,22,23);1H. The summed E-state index contributed by atoms with van der Waals surface area (Å²) in [5, 5.41) is 12.0. The third-order valence-corrected chi connectivity index (χ3v) is 5.23. The van der Waals surface area contributed by atoms with Crippen LogP contribution in [-0.4, -0.2) is 72.3 Å². The molecule has 0 radical (unpaired) electrons. The van der Waals surface area contributed by atoms with Crippen molar-refractivity contribution in [3.63, 3.8) is 0 Å². The van der Waals surface area contributed by atoms with Crippen molar-refractivity contribution >= 4 is 41.3 Å². The third-order valence-electron chi connectivity index (χ3n) is 5.23. The molecule has 0 saturated carbocycles. The van der Waals surface area contributed by atoms with Gasteiger partial charge in [0.2, 0.25) is 0 Å². The van der Waals surface area contributed by atoms with Crippen LogP contribution in [0.5, 0.6) is 5.75 Å². The lowest BCUT2D eigenvalue weighted by Gasteiger charge is -2.38. The van der Waals surface area contributed by atoms with Crippen molar-refractivity contribution < 1.29 is 4.74 Å². The van der Waals surface area contributed by atoms with Gasteiger partial charge in [0.1, 0.15) is 11.6 Å². The van der Waals surface area contributed by atoms with Crippen LogP contribution in [0.25, 0.3) is 5.65 Å². The number of halogens is 1. The fourth-order valence-electron chi connectivity index (χ4n) is 3.73. The maximum absolute atomic E-state index is 5.51. The zero-order valence-electron chi connectivity index (χ0n) is 17.4. The zero-order valence-corrected chi connectivity index (χ0v) is 19.7. The maximum Gasteiger partial charge on any atom is 0.193 e. The van der Waals surface area contributed by atoms with E-state index >= 15 is 0 Å². The summed E-state index contributed by atoms with van der Waals surface area (Å²) >= 11 is 0. The molecule has 2 aromatic heterocycles. The molecule has 8 nitrogen and oxygen atoms in total. The molecule has 1 saturated heterocycles. The first-order chi connectivity index (χ1) is 14.3. The molecule has 3 aromatic rings. The predicted molar refractivity (Wildman–Crippen MR) is 130 cm³/mol. The highest BCUT2D eigenvalue weighted by Gasteiger charge is 2.21. The van der Waals surface area contributed by atoms with Gasteiger partial charge in [0.05, 0.1) is 12.8 Å². The Morgan fingerprint density at radius 1 is 1.07 bits per heavy atom. The van der Waals surface area contributed by atoms with Gasteiger partial charge in [-0.1, -0.05) is 18.2 Å². The Kier molecular flexibility index (Phi) is 7.72. The van der Waals surface area contributed by atoms with E-state index in [4.69, 9.17) is 4.74 Å². The number of methoxy groups -OCH3 is 1. The number of guanidine groups is 1. The average Bonchev–Trinajstić information content (AvgIpc) is 3.20. The Morgan fingerprint density at radius 2 is 1.83 bits per heavy atom. The van der Waals surface area contributed by atoms with Crippen LogP contribution in [0.2, 0.25) is 0 Å². The molecule has 0 atom stereocenters. The van der Waals surface area contributed by atoms with E-state index in [2.05, 4.69) is 42.4 Å². The molecule has 0 unspecified atom stereocenters. The van der Waals surface area contributed by atoms with Crippen molar-refractivity contribution in [1.82, 2.24) is 24.8 Å². The molecule has 1 aromatic carbocycles. The van der Waals surface area contributed by atoms with Crippen molar-refractivity contribution in [3.8, 4) is 5.75 Å². The van der Waals surface area contributed by atoms with Crippen LogP contribution in [0.3, 0.4) is 0 Å². The van der Waals surface area contributed by atoms with Crippen molar-refractivity contribution in [2.45, 2.75) is 6.42 Å². The van der Waals surface area contributed by atoms with Crippen LogP contribution < -0.4 is 15.0 Å². The number of anilines is 1. The van der Waals surface area contributed by atoms with Crippen LogP contribution in [0.1, 0.15) is 5.82 Å². The molecule has 1 fully saturated rings. The van der Waals surface area contributed by atoms with Crippen molar-refractivity contribution in [2.24, 2.45) is 4.99 Å². The summed E-state index contributed by atoms with van der Waals surface area (Å²) in [5.41, 5.74) is 2.02. The van der Waals surface area contributed by atoms with Crippen LogP contribution in [0.15, 0.2) is 53.7 Å². The molecule has 4 rings (SSSR count). The Hall–Kier alpha value is -2.56. The van der Waals surface area contributed by atoms with E-state index < -0.39 is 0 Å². The zero-order chi connectivity index (χ0) is 20.1. The molecule has 30 heavy (non-hydrogen) atoms. The number of pyridine rings is 1. The highest BCUT2D eigenvalue weighted by molar-refractivity contribution is 14.0. The molecule has 0 spiro atoms. The first-order valence-electron chi connectivity index (χ1n) is 9.92. The minimum Gasteiger partial charge on any atom is -0.495 e. The molecule has 0 amide bonds. The Bertz CT molecular complexity index is 982. The second kappa shape index (κ2) is 10.5. The fourth-order valence-corrected chi connectivity index (χ4v) is 3.73. The summed E-state index contributed by atoms with van der Waals surface area (Å²) in [6.07, 6.45) is 2.78. The minimum atomic E-state index is 0. The third kappa shape index (κ3) is 4.77. The smallest absolute Gasteiger partial charge is 0.193 e. The minimum absolute atomic E-state index is 0.